The fraction of sp³-hybridized carbons (Fsp3) is 0. The number of imidazole rings is 2. The third kappa shape index (κ3) is 17.1. The summed E-state index contributed by atoms with van der Waals surface area (Å²) >= 11 is 0. The molecule has 25 rings (SSSR count). The average molecular weight is 2800 g/mol. The predicted octanol–water partition coefficient (Wildman–Crippen LogP) is 19.1. The number of aromatic nitrogens is 8. The van der Waals surface area contributed by atoms with Crippen LogP contribution in [0.1, 0.15) is 27.8 Å². The van der Waals surface area contributed by atoms with Gasteiger partial charge in [-0.15, -0.1) is 100 Å². The number of fused-ring (bicyclic) bond motifs is 38. The molecule has 0 aliphatic carbocycles. The summed E-state index contributed by atoms with van der Waals surface area (Å²) < 4.78 is 10.5. The number of nitrogens with zero attached hydrogens (tertiary/aromatic N) is 18. The van der Waals surface area contributed by atoms with Gasteiger partial charge in [0.2, 0.25) is 5.95 Å². The quantitative estimate of drug-likeness (QED) is 0.146. The number of anilines is 14. The smallest absolute Gasteiger partial charge is 0.358 e. The van der Waals surface area contributed by atoms with Crippen LogP contribution in [0, 0.1) is 100 Å². The molecule has 0 fully saturated rings. The van der Waals surface area contributed by atoms with Crippen molar-refractivity contribution in [1.29, 1.82) is 0 Å². The fourth-order valence-corrected chi connectivity index (χ4v) is 14.9. The molecule has 15 aromatic rings. The standard InChI is InChI=1S/C19H13N3.C17H11N3.3C16H10N4.5CH3.5Ir.5Y/c1-2-7-15(8-3-1)16-13-21-18-10-5-4-9-17(18)20-12-6-11-19(20)22(21)14-16;1-2-7-14-13(6-1)12-19-16-9-4-3-8-15(16)18-11-5-10-17(18)20(14)19;1-2-6-13-12(5-1)10-19-15-8-4-3-7-14(15)18-11-17-9-16(18)20(13)19;1-2-6-13-12(5-1)11-19-15-8-4-3-7-14(15)18-10-9-17-16(18)20(13)19;1-2-6-13-12(5-1)11-18-14-7-3-4-8-15(14)19-16(20(13)18)9-10-17-19;;;;;;;;;;;;;;;/h1-9,11-14H;1-8,10-12H;2*1-7,9-11H;1-6,8-11H;5*1H3;;;;;;;;;;/q5*-2;5*-1;5*+3;;;;;. The molecule has 5 aromatic heterocycles. The Morgan fingerprint density at radius 2 is 0.667 bits per heavy atom. The van der Waals surface area contributed by atoms with E-state index in [1.807, 2.05) is 115 Å². The van der Waals surface area contributed by atoms with Crippen molar-refractivity contribution in [3.05, 3.63) is 426 Å². The zero-order valence-corrected chi connectivity index (χ0v) is 89.9. The monoisotopic (exact) mass is 2800 g/mol. The summed E-state index contributed by atoms with van der Waals surface area (Å²) in [7, 11) is 0. The minimum atomic E-state index is 0. The Kier molecular flexibility index (Phi) is 36.2. The molecule has 18 nitrogen and oxygen atoms in total. The molecule has 10 aliphatic rings. The summed E-state index contributed by atoms with van der Waals surface area (Å²) in [5.74, 6) is 5.27. The van der Waals surface area contributed by atoms with E-state index in [9.17, 15) is 0 Å². The number of hydrogen-bond acceptors (Lipinski definition) is 13. The molecule has 0 amide bonds. The molecule has 575 valence electrons. The van der Waals surface area contributed by atoms with E-state index in [4.69, 9.17) is 0 Å². The first-order valence-corrected chi connectivity index (χ1v) is 33.5. The van der Waals surface area contributed by atoms with E-state index in [2.05, 4.69) is 335 Å². The molecular weight excluding hydrogens is 2730 g/mol. The maximum absolute atomic E-state index is 4.51. The Bertz CT molecular complexity index is 5300. The van der Waals surface area contributed by atoms with E-state index in [-0.39, 0.29) is 301 Å². The first kappa shape index (κ1) is 100. The van der Waals surface area contributed by atoms with Crippen molar-refractivity contribution in [3.63, 3.8) is 0 Å². The van der Waals surface area contributed by atoms with Gasteiger partial charge in [0.15, 0.2) is 0 Å². The van der Waals surface area contributed by atoms with E-state index in [0.29, 0.717) is 0 Å². The van der Waals surface area contributed by atoms with Gasteiger partial charge in [0.25, 0.3) is 0 Å². The van der Waals surface area contributed by atoms with Crippen molar-refractivity contribution in [2.24, 2.45) is 0 Å². The van der Waals surface area contributed by atoms with Gasteiger partial charge in [-0.1, -0.05) is 106 Å². The van der Waals surface area contributed by atoms with Crippen LogP contribution in [0.3, 0.4) is 0 Å². The Balaban J connectivity index is 0.000000220. The summed E-state index contributed by atoms with van der Waals surface area (Å²) in [5.41, 5.74) is 22.7. The summed E-state index contributed by atoms with van der Waals surface area (Å²) in [4.78, 5) is 8.81. The molecule has 0 spiro atoms. The number of para-hydroxylation sites is 9. The largest absolute Gasteiger partial charge is 3.00 e. The van der Waals surface area contributed by atoms with Crippen LogP contribution in [0.5, 0.6) is 0 Å². The van der Waals surface area contributed by atoms with E-state index in [0.717, 1.165) is 103 Å². The fourth-order valence-electron chi connectivity index (χ4n) is 14.9. The molecule has 10 aliphatic heterocycles. The van der Waals surface area contributed by atoms with Crippen molar-refractivity contribution in [1.82, 2.24) is 38.0 Å². The van der Waals surface area contributed by atoms with Crippen LogP contribution in [-0.2, 0) is 264 Å². The topological polar surface area (TPSA) is 95.7 Å². The number of hydrazine groups is 5. The third-order valence-corrected chi connectivity index (χ3v) is 19.3. The molecule has 0 saturated carbocycles. The van der Waals surface area contributed by atoms with Crippen LogP contribution < -0.4 is 50.1 Å². The Morgan fingerprint density at radius 3 is 1.16 bits per heavy atom. The molecule has 5 radical (unpaired) electrons. The van der Waals surface area contributed by atoms with Crippen LogP contribution in [0.25, 0.3) is 34.0 Å². The van der Waals surface area contributed by atoms with Crippen LogP contribution in [0.2, 0.25) is 0 Å². The molecule has 117 heavy (non-hydrogen) atoms. The third-order valence-electron chi connectivity index (χ3n) is 19.3. The first-order chi connectivity index (χ1) is 50.6. The number of benzene rings is 10. The van der Waals surface area contributed by atoms with Gasteiger partial charge >= 0.3 is 101 Å². The second-order valence-electron chi connectivity index (χ2n) is 25.0. The molecule has 0 bridgehead atoms. The molecule has 0 unspecified atom stereocenters. The van der Waals surface area contributed by atoms with Gasteiger partial charge in [-0.05, 0) is 116 Å². The number of hydrogen-bond donors (Lipinski definition) is 0. The maximum Gasteiger partial charge on any atom is 3.00 e. The van der Waals surface area contributed by atoms with Gasteiger partial charge in [-0.3, -0.25) is 9.69 Å². The summed E-state index contributed by atoms with van der Waals surface area (Å²) in [6.45, 7) is 10.7. The molecular formula is C89H69Ir5N18Y5. The molecule has 0 N–H and O–H groups in total. The predicted molar refractivity (Wildman–Crippen MR) is 430 cm³/mol. The van der Waals surface area contributed by atoms with Gasteiger partial charge in [0, 0.05) is 182 Å². The SMILES string of the molecule is [CH3-].[CH3-].[CH3-].[CH3-].[CH3-].[Ir+3].[Ir+3].[Ir+3].[Ir+3].[Ir+3].[Y].[Y].[Y].[Y].[Y].[c-]1cccc2c1N1[CH-]C(c3ccccc3)=CN1c1cccn1-2.[c-]1cccc2c1N1[CH-]c3ccccc3N1c1cccn1-2.[c-]1cccc2c1N1[CH-]c3ccccc3N1c1ccnn1-2.[c-]1cccc2c1N1[CH-]c3ccccc3N1c1cncn1-2.[c-]1cccc2c1N1[CH-]c3ccccc3N1c1nccn1-2. The Morgan fingerprint density at radius 1 is 0.291 bits per heavy atom. The zero-order chi connectivity index (χ0) is 66.9. The second kappa shape index (κ2) is 42.4. The van der Waals surface area contributed by atoms with Crippen LogP contribution in [0.15, 0.2) is 298 Å². The van der Waals surface area contributed by atoms with Crippen molar-refractivity contribution in [2.75, 3.05) is 50.1 Å². The van der Waals surface area contributed by atoms with E-state index < -0.39 is 0 Å². The van der Waals surface area contributed by atoms with Crippen LogP contribution in [-0.4, -0.2) is 38.0 Å². The van der Waals surface area contributed by atoms with Crippen molar-refractivity contribution in [2.45, 2.75) is 0 Å². The van der Waals surface area contributed by atoms with Gasteiger partial charge in [0.1, 0.15) is 23.3 Å². The molecule has 0 atom stereocenters. The van der Waals surface area contributed by atoms with E-state index in [1.54, 1.807) is 0 Å². The van der Waals surface area contributed by atoms with Gasteiger partial charge in [-0.2, -0.15) is 120 Å². The maximum atomic E-state index is 4.51. The van der Waals surface area contributed by atoms with Gasteiger partial charge in [0.05, 0.1) is 18.7 Å². The van der Waals surface area contributed by atoms with E-state index >= 15 is 0 Å². The molecule has 15 heterocycles. The summed E-state index contributed by atoms with van der Waals surface area (Å²) in [6.07, 6.45) is 15.7. The average Bonchev–Trinajstić information content (AvgIpc) is 1.60. The van der Waals surface area contributed by atoms with E-state index in [1.165, 1.54) is 39.1 Å². The van der Waals surface area contributed by atoms with Gasteiger partial charge in [-0.25, -0.2) is 9.97 Å². The number of rotatable bonds is 1. The minimum absolute atomic E-state index is 0. The first-order valence-electron chi connectivity index (χ1n) is 33.5. The normalized spacial score (nSPS) is 12.5. The van der Waals surface area contributed by atoms with Crippen LogP contribution >= 0.6 is 0 Å². The minimum Gasteiger partial charge on any atom is -0.358 e. The van der Waals surface area contributed by atoms with Crippen LogP contribution in [0.4, 0.5) is 80.4 Å². The summed E-state index contributed by atoms with van der Waals surface area (Å²) in [5, 5.41) is 26.0. The van der Waals surface area contributed by atoms with Gasteiger partial charge < -0.3 is 100 Å². The second-order valence-corrected chi connectivity index (χ2v) is 25.0. The zero-order valence-electron chi connectivity index (χ0n) is 63.8. The molecule has 10 aromatic carbocycles. The van der Waals surface area contributed by atoms with Crippen molar-refractivity contribution < 1.29 is 264 Å². The van der Waals surface area contributed by atoms with Crippen molar-refractivity contribution >= 4 is 86.0 Å². The molecule has 28 heteroatoms. The Labute approximate surface area is 879 Å². The summed E-state index contributed by atoms with van der Waals surface area (Å²) in [6, 6.07) is 101. The Hall–Kier alpha value is -5.75. The molecule has 0 saturated heterocycles. The van der Waals surface area contributed by atoms with Crippen molar-refractivity contribution in [3.8, 4) is 28.4 Å².